The minimum atomic E-state index is -1.34. The molecular weight excluding hydrogens is 450 g/mol. The topological polar surface area (TPSA) is 247 Å². The number of amides is 4. The van der Waals surface area contributed by atoms with Crippen LogP contribution >= 0.6 is 0 Å². The van der Waals surface area contributed by atoms with E-state index in [0.717, 1.165) is 0 Å². The van der Waals surface area contributed by atoms with Crippen molar-refractivity contribution in [3.63, 3.8) is 0 Å². The van der Waals surface area contributed by atoms with Gasteiger partial charge in [-0.1, -0.05) is 0 Å². The average Bonchev–Trinajstić information content (AvgIpc) is 3.15. The molecule has 2 bridgehead atoms. The van der Waals surface area contributed by atoms with Crippen molar-refractivity contribution in [3.8, 4) is 0 Å². The third-order valence-corrected chi connectivity index (χ3v) is 5.50. The highest BCUT2D eigenvalue weighted by Crippen LogP contribution is 2.19. The molecular formula is C19H33N9O6. The van der Waals surface area contributed by atoms with Crippen molar-refractivity contribution in [1.29, 1.82) is 0 Å². The lowest BCUT2D eigenvalue weighted by Crippen LogP contribution is -2.55. The summed E-state index contributed by atoms with van der Waals surface area (Å²) in [5, 5.41) is 19.3. The highest BCUT2D eigenvalue weighted by molar-refractivity contribution is 5.94. The first-order valence-electron chi connectivity index (χ1n) is 11.0. The van der Waals surface area contributed by atoms with Crippen LogP contribution in [-0.2, 0) is 24.0 Å². The lowest BCUT2D eigenvalue weighted by Gasteiger charge is -2.25. The molecule has 4 atom stereocenters. The minimum Gasteiger partial charge on any atom is -0.481 e. The van der Waals surface area contributed by atoms with Gasteiger partial charge < -0.3 is 43.6 Å². The lowest BCUT2D eigenvalue weighted by molar-refractivity contribution is -0.141. The molecule has 0 aromatic heterocycles. The summed E-state index contributed by atoms with van der Waals surface area (Å²) in [7, 11) is 0. The summed E-state index contributed by atoms with van der Waals surface area (Å²) in [6.07, 6.45) is 0.191. The van der Waals surface area contributed by atoms with Crippen molar-refractivity contribution in [2.75, 3.05) is 32.7 Å². The molecule has 2 saturated heterocycles. The van der Waals surface area contributed by atoms with Gasteiger partial charge in [-0.25, -0.2) is 0 Å². The number of nitrogens with two attached hydrogens (primary N) is 3. The molecule has 15 nitrogen and oxygen atoms in total. The molecule has 0 aliphatic carbocycles. The summed E-state index contributed by atoms with van der Waals surface area (Å²) in [6, 6.07) is -3.42. The van der Waals surface area contributed by atoms with Gasteiger partial charge in [0.1, 0.15) is 12.1 Å². The molecule has 2 aliphatic heterocycles. The number of aliphatic carboxylic acids is 1. The molecule has 11 N–H and O–H groups in total. The van der Waals surface area contributed by atoms with E-state index in [9.17, 15) is 24.0 Å². The number of guanidine groups is 1. The van der Waals surface area contributed by atoms with Crippen molar-refractivity contribution in [3.05, 3.63) is 0 Å². The molecule has 4 amide bonds. The quantitative estimate of drug-likeness (QED) is 0.0928. The zero-order valence-electron chi connectivity index (χ0n) is 18.8. The third kappa shape index (κ3) is 8.15. The van der Waals surface area contributed by atoms with E-state index < -0.39 is 66.7 Å². The maximum atomic E-state index is 13.1. The number of likely N-dealkylation sites (tertiary alicyclic amines) is 1. The zero-order chi connectivity index (χ0) is 25.3. The van der Waals surface area contributed by atoms with Gasteiger partial charge in [0.15, 0.2) is 5.96 Å². The second-order valence-electron chi connectivity index (χ2n) is 8.19. The summed E-state index contributed by atoms with van der Waals surface area (Å²) in [4.78, 5) is 67.6. The number of hydrogen-bond acceptors (Lipinski definition) is 8. The highest BCUT2D eigenvalue weighted by atomic mass is 16.4. The maximum absolute atomic E-state index is 13.1. The number of carbonyl (C=O) groups excluding carboxylic acids is 4. The molecule has 34 heavy (non-hydrogen) atoms. The van der Waals surface area contributed by atoms with E-state index >= 15 is 0 Å². The molecule has 0 spiro atoms. The van der Waals surface area contributed by atoms with Crippen molar-refractivity contribution < 1.29 is 29.1 Å². The fourth-order valence-electron chi connectivity index (χ4n) is 3.96. The van der Waals surface area contributed by atoms with E-state index in [-0.39, 0.29) is 31.9 Å². The number of rotatable bonds is 8. The highest BCUT2D eigenvalue weighted by Gasteiger charge is 2.39. The molecule has 0 unspecified atom stereocenters. The molecule has 0 saturated carbocycles. The molecule has 2 fully saturated rings. The number of hydrogen-bond donors (Lipinski definition) is 8. The third-order valence-electron chi connectivity index (χ3n) is 5.50. The van der Waals surface area contributed by atoms with Gasteiger partial charge in [-0.2, -0.15) is 0 Å². The van der Waals surface area contributed by atoms with E-state index in [1.54, 1.807) is 4.90 Å². The molecule has 2 aliphatic rings. The average molecular weight is 484 g/mol. The Bertz CT molecular complexity index is 816. The van der Waals surface area contributed by atoms with Gasteiger partial charge in [-0.05, 0) is 19.3 Å². The second kappa shape index (κ2) is 12.7. The minimum absolute atomic E-state index is 0.0939. The SMILES string of the molecule is NCCN1C[C@@H]2C[C@H]1C(=O)N[C@@H](CCCN=C(N)N)C(=O)NCC(=O)N[C@@H](CC(=O)O)C(=O)N2. The van der Waals surface area contributed by atoms with Gasteiger partial charge in [0.25, 0.3) is 0 Å². The predicted octanol–water partition coefficient (Wildman–Crippen LogP) is -4.87. The molecule has 2 rings (SSSR count). The van der Waals surface area contributed by atoms with E-state index in [1.165, 1.54) is 0 Å². The standard InChI is InChI=1S/C19H33N9O6/c20-3-5-28-9-10-6-13(28)18(34)27-11(2-1-4-23-19(21)22)16(32)24-8-14(29)26-12(7-15(30)31)17(33)25-10/h10-13H,1-9,20H2,(H,24,32)(H,25,33)(H,26,29)(H,27,34)(H,30,31)(H4,21,22,23)/t10-,11-,12-,13-/m0/s1. The summed E-state index contributed by atoms with van der Waals surface area (Å²) in [5.41, 5.74) is 16.3. The molecule has 0 aromatic rings. The summed E-state index contributed by atoms with van der Waals surface area (Å²) in [5.74, 6) is -3.83. The number of carboxylic acids is 1. The van der Waals surface area contributed by atoms with E-state index in [4.69, 9.17) is 22.3 Å². The Morgan fingerprint density at radius 3 is 2.44 bits per heavy atom. The van der Waals surface area contributed by atoms with E-state index in [0.29, 0.717) is 19.5 Å². The van der Waals surface area contributed by atoms with Crippen LogP contribution in [0.4, 0.5) is 0 Å². The first-order valence-corrected chi connectivity index (χ1v) is 11.0. The van der Waals surface area contributed by atoms with Crippen LogP contribution in [0.2, 0.25) is 0 Å². The van der Waals surface area contributed by atoms with E-state index in [2.05, 4.69) is 26.3 Å². The normalized spacial score (nSPS) is 26.5. The van der Waals surface area contributed by atoms with Crippen LogP contribution in [0.15, 0.2) is 4.99 Å². The van der Waals surface area contributed by atoms with E-state index in [1.807, 2.05) is 0 Å². The van der Waals surface area contributed by atoms with Crippen molar-refractivity contribution in [1.82, 2.24) is 26.2 Å². The van der Waals surface area contributed by atoms with Crippen LogP contribution in [0, 0.1) is 0 Å². The van der Waals surface area contributed by atoms with Gasteiger partial charge in [0, 0.05) is 32.2 Å². The largest absolute Gasteiger partial charge is 0.481 e. The maximum Gasteiger partial charge on any atom is 0.305 e. The Labute approximate surface area is 196 Å². The van der Waals surface area contributed by atoms with Crippen LogP contribution in [0.3, 0.4) is 0 Å². The van der Waals surface area contributed by atoms with Crippen LogP contribution in [-0.4, -0.2) is 102 Å². The summed E-state index contributed by atoms with van der Waals surface area (Å²) >= 11 is 0. The summed E-state index contributed by atoms with van der Waals surface area (Å²) in [6.45, 7) is 0.687. The molecule has 2 heterocycles. The number of carboxylic acid groups (broad SMARTS) is 1. The second-order valence-corrected chi connectivity index (χ2v) is 8.19. The Hall–Kier alpha value is -3.46. The number of nitrogens with zero attached hydrogens (tertiary/aromatic N) is 2. The summed E-state index contributed by atoms with van der Waals surface area (Å²) < 4.78 is 0. The van der Waals surface area contributed by atoms with Gasteiger partial charge in [-0.3, -0.25) is 33.9 Å². The molecule has 0 aromatic carbocycles. The van der Waals surface area contributed by atoms with Crippen LogP contribution in [0.1, 0.15) is 25.7 Å². The lowest BCUT2D eigenvalue weighted by atomic mass is 10.1. The van der Waals surface area contributed by atoms with Crippen molar-refractivity contribution >= 4 is 35.6 Å². The van der Waals surface area contributed by atoms with Crippen molar-refractivity contribution in [2.24, 2.45) is 22.2 Å². The molecule has 190 valence electrons. The molecule has 15 heteroatoms. The Morgan fingerprint density at radius 2 is 1.79 bits per heavy atom. The monoisotopic (exact) mass is 483 g/mol. The number of nitrogens with one attached hydrogen (secondary N) is 4. The smallest absolute Gasteiger partial charge is 0.305 e. The predicted molar refractivity (Wildman–Crippen MR) is 120 cm³/mol. The fraction of sp³-hybridized carbons (Fsp3) is 0.684. The first kappa shape index (κ1) is 26.8. The number of carbonyl (C=O) groups is 5. The fourth-order valence-corrected chi connectivity index (χ4v) is 3.96. The van der Waals surface area contributed by atoms with Crippen LogP contribution < -0.4 is 38.5 Å². The van der Waals surface area contributed by atoms with Gasteiger partial charge >= 0.3 is 5.97 Å². The zero-order valence-corrected chi connectivity index (χ0v) is 18.8. The first-order chi connectivity index (χ1) is 16.1. The Kier molecular flexibility index (Phi) is 10.0. The Balaban J connectivity index is 2.25. The van der Waals surface area contributed by atoms with Gasteiger partial charge in [0.05, 0.1) is 19.0 Å². The molecule has 0 radical (unpaired) electrons. The van der Waals surface area contributed by atoms with Crippen LogP contribution in [0.5, 0.6) is 0 Å². The van der Waals surface area contributed by atoms with Crippen LogP contribution in [0.25, 0.3) is 0 Å². The Morgan fingerprint density at radius 1 is 1.06 bits per heavy atom. The van der Waals surface area contributed by atoms with Gasteiger partial charge in [0.2, 0.25) is 23.6 Å². The number of aliphatic imine (C=N–C) groups is 1. The number of fused-ring (bicyclic) bond motifs is 2. The van der Waals surface area contributed by atoms with Crippen molar-refractivity contribution in [2.45, 2.75) is 49.9 Å². The van der Waals surface area contributed by atoms with Gasteiger partial charge in [-0.15, -0.1) is 0 Å².